The molecule has 0 aliphatic rings. The highest BCUT2D eigenvalue weighted by molar-refractivity contribution is 6.00. The van der Waals surface area contributed by atoms with Gasteiger partial charge in [0, 0.05) is 5.69 Å². The van der Waals surface area contributed by atoms with Crippen molar-refractivity contribution in [3.8, 4) is 5.88 Å². The molecule has 1 aromatic heterocycles. The zero-order valence-corrected chi connectivity index (χ0v) is 13.5. The third kappa shape index (κ3) is 4.92. The van der Waals surface area contributed by atoms with Crippen LogP contribution in [0, 0.1) is 19.8 Å². The molecule has 1 unspecified atom stereocenters. The number of unbranched alkanes of at least 4 members (excludes halogenated alkanes) is 1. The van der Waals surface area contributed by atoms with Gasteiger partial charge in [0.15, 0.2) is 5.84 Å². The van der Waals surface area contributed by atoms with Crippen LogP contribution in [0.5, 0.6) is 5.88 Å². The number of pyridine rings is 1. The van der Waals surface area contributed by atoms with Gasteiger partial charge < -0.3 is 15.7 Å². The van der Waals surface area contributed by atoms with E-state index in [1.54, 1.807) is 0 Å². The molecule has 0 spiro atoms. The third-order valence-corrected chi connectivity index (χ3v) is 3.67. The number of ether oxygens (including phenoxy) is 1. The second-order valence-corrected chi connectivity index (χ2v) is 5.47. The van der Waals surface area contributed by atoms with Crippen molar-refractivity contribution < 1.29 is 9.94 Å². The Balaban J connectivity index is 2.91. The second kappa shape index (κ2) is 8.49. The highest BCUT2D eigenvalue weighted by atomic mass is 16.5. The monoisotopic (exact) mass is 293 g/mol. The summed E-state index contributed by atoms with van der Waals surface area (Å²) in [5.74, 6) is 1.00. The van der Waals surface area contributed by atoms with Crippen LogP contribution in [0.1, 0.15) is 56.4 Å². The first kappa shape index (κ1) is 17.3. The molecule has 21 heavy (non-hydrogen) atoms. The molecule has 5 nitrogen and oxygen atoms in total. The second-order valence-electron chi connectivity index (χ2n) is 5.47. The molecule has 1 aromatic rings. The first-order chi connectivity index (χ1) is 10.0. The van der Waals surface area contributed by atoms with Crippen LogP contribution in [0.3, 0.4) is 0 Å². The van der Waals surface area contributed by atoms with Gasteiger partial charge in [0.2, 0.25) is 5.88 Å². The van der Waals surface area contributed by atoms with Gasteiger partial charge in [-0.1, -0.05) is 38.3 Å². The number of aryl methyl sites for hydroxylation is 2. The van der Waals surface area contributed by atoms with Crippen molar-refractivity contribution in [3.63, 3.8) is 0 Å². The standard InChI is InChI=1S/C16H27N3O2/c1-5-7-8-13(6-2)10-21-16-14(15(17)19-20)11(3)9-12(4)18-16/h9,13,20H,5-8,10H2,1-4H3,(H2,17,19). The van der Waals surface area contributed by atoms with Crippen LogP contribution in [-0.2, 0) is 0 Å². The summed E-state index contributed by atoms with van der Waals surface area (Å²) in [4.78, 5) is 4.40. The lowest BCUT2D eigenvalue weighted by atomic mass is 10.0. The van der Waals surface area contributed by atoms with Crippen LogP contribution in [0.2, 0.25) is 0 Å². The summed E-state index contributed by atoms with van der Waals surface area (Å²) >= 11 is 0. The van der Waals surface area contributed by atoms with Gasteiger partial charge >= 0.3 is 0 Å². The molecule has 0 aromatic carbocycles. The van der Waals surface area contributed by atoms with E-state index in [-0.39, 0.29) is 5.84 Å². The maximum atomic E-state index is 8.93. The quantitative estimate of drug-likeness (QED) is 0.333. The van der Waals surface area contributed by atoms with Crippen molar-refractivity contribution in [1.82, 2.24) is 4.98 Å². The number of nitrogens with zero attached hydrogens (tertiary/aromatic N) is 2. The number of rotatable bonds is 8. The van der Waals surface area contributed by atoms with Crippen LogP contribution in [0.4, 0.5) is 0 Å². The fourth-order valence-electron chi connectivity index (χ4n) is 2.36. The zero-order valence-electron chi connectivity index (χ0n) is 13.5. The maximum absolute atomic E-state index is 8.93. The molecule has 0 radical (unpaired) electrons. The summed E-state index contributed by atoms with van der Waals surface area (Å²) in [6.45, 7) is 8.78. The highest BCUT2D eigenvalue weighted by Crippen LogP contribution is 2.22. The molecule has 0 aliphatic carbocycles. The van der Waals surface area contributed by atoms with Gasteiger partial charge in [-0.15, -0.1) is 0 Å². The third-order valence-electron chi connectivity index (χ3n) is 3.67. The topological polar surface area (TPSA) is 80.7 Å². The summed E-state index contributed by atoms with van der Waals surface area (Å²) in [6, 6.07) is 1.90. The molecule has 1 atom stereocenters. The van der Waals surface area contributed by atoms with Crippen molar-refractivity contribution in [1.29, 1.82) is 0 Å². The van der Waals surface area contributed by atoms with Crippen LogP contribution in [-0.4, -0.2) is 22.6 Å². The van der Waals surface area contributed by atoms with E-state index in [9.17, 15) is 0 Å². The number of nitrogens with two attached hydrogens (primary N) is 1. The molecule has 5 heteroatoms. The Bertz CT molecular complexity index is 487. The Hall–Kier alpha value is -1.78. The summed E-state index contributed by atoms with van der Waals surface area (Å²) in [7, 11) is 0. The molecule has 0 saturated carbocycles. The molecule has 0 saturated heterocycles. The molecule has 1 heterocycles. The van der Waals surface area contributed by atoms with Crippen LogP contribution in [0.15, 0.2) is 11.2 Å². The summed E-state index contributed by atoms with van der Waals surface area (Å²) in [6.07, 6.45) is 4.61. The van der Waals surface area contributed by atoms with Crippen LogP contribution in [0.25, 0.3) is 0 Å². The lowest BCUT2D eigenvalue weighted by Gasteiger charge is -2.17. The van der Waals surface area contributed by atoms with Gasteiger partial charge in [-0.3, -0.25) is 0 Å². The molecular weight excluding hydrogens is 266 g/mol. The molecular formula is C16H27N3O2. The molecule has 118 valence electrons. The average molecular weight is 293 g/mol. The van der Waals surface area contributed by atoms with E-state index < -0.39 is 0 Å². The van der Waals surface area contributed by atoms with Crippen molar-refractivity contribution in [2.24, 2.45) is 16.8 Å². The number of oxime groups is 1. The van der Waals surface area contributed by atoms with E-state index >= 15 is 0 Å². The van der Waals surface area contributed by atoms with E-state index in [0.717, 1.165) is 24.1 Å². The van der Waals surface area contributed by atoms with Crippen LogP contribution < -0.4 is 10.5 Å². The normalized spacial score (nSPS) is 13.2. The minimum Gasteiger partial charge on any atom is -0.477 e. The minimum atomic E-state index is 0.0385. The van der Waals surface area contributed by atoms with Gasteiger partial charge in [-0.05, 0) is 37.8 Å². The molecule has 3 N–H and O–H groups in total. The Morgan fingerprint density at radius 1 is 1.43 bits per heavy atom. The van der Waals surface area contributed by atoms with Crippen molar-refractivity contribution in [2.75, 3.05) is 6.61 Å². The van der Waals surface area contributed by atoms with E-state index in [4.69, 9.17) is 15.7 Å². The lowest BCUT2D eigenvalue weighted by Crippen LogP contribution is -2.20. The molecule has 0 amide bonds. The van der Waals surface area contributed by atoms with Gasteiger partial charge in [0.05, 0.1) is 12.2 Å². The molecule has 0 aliphatic heterocycles. The Morgan fingerprint density at radius 2 is 2.14 bits per heavy atom. The zero-order chi connectivity index (χ0) is 15.8. The predicted molar refractivity (Wildman–Crippen MR) is 85.0 cm³/mol. The molecule has 0 bridgehead atoms. The fraction of sp³-hybridized carbons (Fsp3) is 0.625. The van der Waals surface area contributed by atoms with E-state index in [2.05, 4.69) is 24.0 Å². The number of hydrogen-bond donors (Lipinski definition) is 2. The van der Waals surface area contributed by atoms with E-state index in [0.29, 0.717) is 24.0 Å². The number of aromatic nitrogens is 1. The Kier molecular flexibility index (Phi) is 6.99. The minimum absolute atomic E-state index is 0.0385. The van der Waals surface area contributed by atoms with Gasteiger partial charge in [0.1, 0.15) is 0 Å². The summed E-state index contributed by atoms with van der Waals surface area (Å²) < 4.78 is 5.89. The Morgan fingerprint density at radius 3 is 2.71 bits per heavy atom. The van der Waals surface area contributed by atoms with E-state index in [1.807, 2.05) is 19.9 Å². The smallest absolute Gasteiger partial charge is 0.225 e. The largest absolute Gasteiger partial charge is 0.477 e. The maximum Gasteiger partial charge on any atom is 0.225 e. The first-order valence-electron chi connectivity index (χ1n) is 7.62. The Labute approximate surface area is 127 Å². The number of hydrogen-bond acceptors (Lipinski definition) is 4. The average Bonchev–Trinajstić information content (AvgIpc) is 2.46. The SMILES string of the molecule is CCCCC(CC)COc1nc(C)cc(C)c1/C(N)=N/O. The summed E-state index contributed by atoms with van der Waals surface area (Å²) in [5.41, 5.74) is 8.08. The fourth-order valence-corrected chi connectivity index (χ4v) is 2.36. The molecule has 1 rings (SSSR count). The van der Waals surface area contributed by atoms with Gasteiger partial charge in [-0.2, -0.15) is 0 Å². The van der Waals surface area contributed by atoms with Crippen molar-refractivity contribution >= 4 is 5.84 Å². The lowest BCUT2D eigenvalue weighted by molar-refractivity contribution is 0.225. The van der Waals surface area contributed by atoms with Crippen LogP contribution >= 0.6 is 0 Å². The number of amidine groups is 1. The molecule has 0 fully saturated rings. The first-order valence-corrected chi connectivity index (χ1v) is 7.62. The van der Waals surface area contributed by atoms with Crippen molar-refractivity contribution in [2.45, 2.75) is 53.4 Å². The van der Waals surface area contributed by atoms with Gasteiger partial charge in [0.25, 0.3) is 0 Å². The predicted octanol–water partition coefficient (Wildman–Crippen LogP) is 3.39. The summed E-state index contributed by atoms with van der Waals surface area (Å²) in [5, 5.41) is 12.0. The van der Waals surface area contributed by atoms with Gasteiger partial charge in [-0.25, -0.2) is 4.98 Å². The van der Waals surface area contributed by atoms with Crippen molar-refractivity contribution in [3.05, 3.63) is 22.9 Å². The highest BCUT2D eigenvalue weighted by Gasteiger charge is 2.16. The van der Waals surface area contributed by atoms with E-state index in [1.165, 1.54) is 12.8 Å².